The maximum Gasteiger partial charge on any atom is 0.279 e. The summed E-state index contributed by atoms with van der Waals surface area (Å²) in [5, 5.41) is 11.7. The van der Waals surface area contributed by atoms with Crippen LogP contribution in [0.1, 0.15) is 12.8 Å². The number of likely N-dealkylation sites (N-methyl/N-ethyl adjacent to an activating group) is 1. The van der Waals surface area contributed by atoms with Crippen LogP contribution in [0, 0.1) is 0 Å². The van der Waals surface area contributed by atoms with Gasteiger partial charge < -0.3 is 19.4 Å². The summed E-state index contributed by atoms with van der Waals surface area (Å²) >= 11 is 5.90. The van der Waals surface area contributed by atoms with Gasteiger partial charge in [0.05, 0.1) is 13.7 Å². The molecule has 1 aromatic heterocycles. The van der Waals surface area contributed by atoms with Crippen LogP contribution in [0.4, 0.5) is 5.69 Å². The molecule has 8 heteroatoms. The van der Waals surface area contributed by atoms with Gasteiger partial charge in [-0.2, -0.15) is 0 Å². The van der Waals surface area contributed by atoms with Crippen LogP contribution in [0.3, 0.4) is 0 Å². The molecule has 1 atom stereocenters. The molecule has 0 radical (unpaired) electrons. The Morgan fingerprint density at radius 3 is 2.71 bits per heavy atom. The Hall–Kier alpha value is -2.90. The highest BCUT2D eigenvalue weighted by molar-refractivity contribution is 6.30. The third kappa shape index (κ3) is 5.31. The zero-order valence-corrected chi connectivity index (χ0v) is 16.5. The van der Waals surface area contributed by atoms with Crippen molar-refractivity contribution in [1.82, 2.24) is 10.2 Å². The van der Waals surface area contributed by atoms with Crippen molar-refractivity contribution in [3.8, 4) is 17.2 Å². The predicted molar refractivity (Wildman–Crippen MR) is 106 cm³/mol. The van der Waals surface area contributed by atoms with Crippen molar-refractivity contribution >= 4 is 23.2 Å². The minimum atomic E-state index is -0.0949. The van der Waals surface area contributed by atoms with Gasteiger partial charge in [0.25, 0.3) is 11.8 Å². The number of quaternary nitrogens is 1. The summed E-state index contributed by atoms with van der Waals surface area (Å²) < 4.78 is 10.9. The van der Waals surface area contributed by atoms with Gasteiger partial charge in [-0.05, 0) is 43.3 Å². The lowest BCUT2D eigenvalue weighted by atomic mass is 10.2. The third-order valence-corrected chi connectivity index (χ3v) is 4.48. The maximum absolute atomic E-state index is 12.4. The Balaban J connectivity index is 1.59. The Morgan fingerprint density at radius 2 is 2.00 bits per heavy atom. The molecule has 7 nitrogen and oxygen atoms in total. The van der Waals surface area contributed by atoms with Crippen LogP contribution < -0.4 is 15.0 Å². The van der Waals surface area contributed by atoms with E-state index in [9.17, 15) is 4.79 Å². The van der Waals surface area contributed by atoms with Gasteiger partial charge in [0, 0.05) is 22.3 Å². The van der Waals surface area contributed by atoms with Crippen molar-refractivity contribution in [2.45, 2.75) is 13.5 Å². The fourth-order valence-electron chi connectivity index (χ4n) is 2.69. The number of halogens is 1. The first kappa shape index (κ1) is 19.9. The predicted octanol–water partition coefficient (Wildman–Crippen LogP) is 2.44. The van der Waals surface area contributed by atoms with Crippen molar-refractivity contribution in [2.24, 2.45) is 0 Å². The topological polar surface area (TPSA) is 81.7 Å². The molecule has 3 rings (SSSR count). The van der Waals surface area contributed by atoms with Crippen LogP contribution in [0.5, 0.6) is 5.75 Å². The molecule has 146 valence electrons. The summed E-state index contributed by atoms with van der Waals surface area (Å²) in [7, 11) is 1.59. The molecule has 1 unspecified atom stereocenters. The van der Waals surface area contributed by atoms with E-state index in [4.69, 9.17) is 20.8 Å². The number of hydrogen-bond acceptors (Lipinski definition) is 5. The average molecular weight is 402 g/mol. The largest absolute Gasteiger partial charge is 0.497 e. The molecule has 28 heavy (non-hydrogen) atoms. The van der Waals surface area contributed by atoms with E-state index in [1.165, 1.54) is 0 Å². The Kier molecular flexibility index (Phi) is 6.62. The highest BCUT2D eigenvalue weighted by atomic mass is 35.5. The number of benzene rings is 2. The van der Waals surface area contributed by atoms with Crippen molar-refractivity contribution in [3.63, 3.8) is 0 Å². The third-order valence-electron chi connectivity index (χ3n) is 4.22. The molecule has 0 aliphatic rings. The summed E-state index contributed by atoms with van der Waals surface area (Å²) in [6.45, 7) is 3.49. The van der Waals surface area contributed by atoms with Crippen molar-refractivity contribution in [3.05, 3.63) is 59.4 Å². The molecule has 3 aromatic rings. The molecule has 2 aromatic carbocycles. The van der Waals surface area contributed by atoms with Gasteiger partial charge in [-0.25, -0.2) is 0 Å². The van der Waals surface area contributed by atoms with Gasteiger partial charge in [0.15, 0.2) is 13.1 Å². The molecular weight excluding hydrogens is 380 g/mol. The van der Waals surface area contributed by atoms with E-state index in [0.717, 1.165) is 17.0 Å². The van der Waals surface area contributed by atoms with Gasteiger partial charge >= 0.3 is 0 Å². The lowest BCUT2D eigenvalue weighted by Crippen LogP contribution is -3.11. The van der Waals surface area contributed by atoms with E-state index in [1.54, 1.807) is 25.3 Å². The summed E-state index contributed by atoms with van der Waals surface area (Å²) in [5.41, 5.74) is 1.50. The number of hydrogen-bond donors (Lipinski definition) is 2. The molecule has 0 aliphatic carbocycles. The number of aromatic nitrogens is 2. The normalized spacial score (nSPS) is 11.8. The second-order valence-electron chi connectivity index (χ2n) is 6.25. The molecule has 0 saturated carbocycles. The van der Waals surface area contributed by atoms with E-state index in [0.29, 0.717) is 34.8 Å². The number of nitrogens with one attached hydrogen (secondary N) is 2. The number of anilines is 1. The fraction of sp³-hybridized carbons (Fsp3) is 0.250. The number of ether oxygens (including phenoxy) is 1. The van der Waals surface area contributed by atoms with Crippen LogP contribution in [0.2, 0.25) is 5.02 Å². The molecular formula is C20H22ClN4O3+. The molecule has 1 heterocycles. The van der Waals surface area contributed by atoms with E-state index in [2.05, 4.69) is 15.5 Å². The molecule has 0 spiro atoms. The summed E-state index contributed by atoms with van der Waals surface area (Å²) in [6.07, 6.45) is 0. The second kappa shape index (κ2) is 9.34. The van der Waals surface area contributed by atoms with Crippen molar-refractivity contribution < 1.29 is 18.8 Å². The first-order valence-electron chi connectivity index (χ1n) is 8.93. The number of nitrogens with zero attached hydrogens (tertiary/aromatic N) is 2. The smallest absolute Gasteiger partial charge is 0.279 e. The van der Waals surface area contributed by atoms with Gasteiger partial charge in [0.1, 0.15) is 5.75 Å². The monoisotopic (exact) mass is 401 g/mol. The lowest BCUT2D eigenvalue weighted by molar-refractivity contribution is -0.905. The summed E-state index contributed by atoms with van der Waals surface area (Å²) in [5.74, 6) is 1.51. The number of amides is 1. The van der Waals surface area contributed by atoms with Crippen molar-refractivity contribution in [1.29, 1.82) is 0 Å². The van der Waals surface area contributed by atoms with Crippen molar-refractivity contribution in [2.75, 3.05) is 25.5 Å². The van der Waals surface area contributed by atoms with Crippen LogP contribution in [0.25, 0.3) is 11.5 Å². The molecule has 0 aliphatic heterocycles. The average Bonchev–Trinajstić information content (AvgIpc) is 3.16. The van der Waals surface area contributed by atoms with Crippen LogP contribution in [-0.4, -0.2) is 36.3 Å². The first-order chi connectivity index (χ1) is 13.6. The number of rotatable bonds is 8. The van der Waals surface area contributed by atoms with Crippen LogP contribution >= 0.6 is 11.6 Å². The SMILES string of the molecule is CC[NH+](CC(=O)Nc1cccc(OC)c1)Cc1nnc(-c2ccc(Cl)cc2)o1. The van der Waals surface area contributed by atoms with E-state index >= 15 is 0 Å². The van der Waals surface area contributed by atoms with Gasteiger partial charge in [-0.3, -0.25) is 4.79 Å². The first-order valence-corrected chi connectivity index (χ1v) is 9.31. The Labute approximate surface area is 168 Å². The quantitative estimate of drug-likeness (QED) is 0.606. The zero-order chi connectivity index (χ0) is 19.9. The maximum atomic E-state index is 12.4. The zero-order valence-electron chi connectivity index (χ0n) is 15.7. The molecule has 2 N–H and O–H groups in total. The number of carbonyl (C=O) groups is 1. The lowest BCUT2D eigenvalue weighted by Gasteiger charge is -2.15. The molecule has 0 saturated heterocycles. The number of carbonyl (C=O) groups excluding carboxylic acids is 1. The highest BCUT2D eigenvalue weighted by Crippen LogP contribution is 2.20. The molecule has 0 fully saturated rings. The van der Waals surface area contributed by atoms with Gasteiger partial charge in [-0.15, -0.1) is 10.2 Å². The Bertz CT molecular complexity index is 927. The summed E-state index contributed by atoms with van der Waals surface area (Å²) in [4.78, 5) is 13.4. The van der Waals surface area contributed by atoms with Crippen LogP contribution in [-0.2, 0) is 11.3 Å². The summed E-state index contributed by atoms with van der Waals surface area (Å²) in [6, 6.07) is 14.4. The Morgan fingerprint density at radius 1 is 1.21 bits per heavy atom. The molecule has 1 amide bonds. The highest BCUT2D eigenvalue weighted by Gasteiger charge is 2.18. The van der Waals surface area contributed by atoms with Gasteiger partial charge in [0.2, 0.25) is 5.89 Å². The van der Waals surface area contributed by atoms with Crippen LogP contribution in [0.15, 0.2) is 52.9 Å². The van der Waals surface area contributed by atoms with E-state index < -0.39 is 0 Å². The van der Waals surface area contributed by atoms with E-state index in [1.807, 2.05) is 37.3 Å². The second-order valence-corrected chi connectivity index (χ2v) is 6.68. The van der Waals surface area contributed by atoms with E-state index in [-0.39, 0.29) is 12.5 Å². The molecule has 0 bridgehead atoms. The van der Waals surface area contributed by atoms with Gasteiger partial charge in [-0.1, -0.05) is 17.7 Å². The minimum Gasteiger partial charge on any atom is -0.497 e. The number of methoxy groups -OCH3 is 1. The minimum absolute atomic E-state index is 0.0949. The standard InChI is InChI=1S/C20H21ClN4O3/c1-3-25(12-18(26)22-16-5-4-6-17(11-16)27-2)13-19-23-24-20(28-19)14-7-9-15(21)10-8-14/h4-11H,3,12-13H2,1-2H3,(H,22,26)/p+1. The fourth-order valence-corrected chi connectivity index (χ4v) is 2.82.